The molecule has 0 atom stereocenters. The molecule has 0 aliphatic rings. The van der Waals surface area contributed by atoms with E-state index in [1.165, 1.54) is 12.1 Å². The van der Waals surface area contributed by atoms with Gasteiger partial charge in [-0.05, 0) is 18.2 Å². The minimum Gasteiger partial charge on any atom is -0.504 e. The summed E-state index contributed by atoms with van der Waals surface area (Å²) >= 11 is 29.4. The van der Waals surface area contributed by atoms with Gasteiger partial charge in [0.05, 0.1) is 15.1 Å². The van der Waals surface area contributed by atoms with E-state index in [0.29, 0.717) is 5.02 Å². The van der Waals surface area contributed by atoms with Gasteiger partial charge in [0, 0.05) is 11.1 Å². The third-order valence-electron chi connectivity index (χ3n) is 2.20. The summed E-state index contributed by atoms with van der Waals surface area (Å²) in [6.45, 7) is 0. The monoisotopic (exact) mass is 356 g/mol. The Hall–Kier alpha value is -0.510. The summed E-state index contributed by atoms with van der Waals surface area (Å²) in [5.41, 5.74) is 0. The van der Waals surface area contributed by atoms with Gasteiger partial charge in [-0.15, -0.1) is 0 Å². The maximum absolute atomic E-state index is 9.78. The van der Waals surface area contributed by atoms with Crippen LogP contribution in [0.1, 0.15) is 0 Å². The Morgan fingerprint density at radius 3 is 2.16 bits per heavy atom. The average Bonchev–Trinajstić information content (AvgIpc) is 2.34. The van der Waals surface area contributed by atoms with Crippen LogP contribution in [0.5, 0.6) is 17.2 Å². The molecule has 2 aromatic rings. The summed E-state index contributed by atoms with van der Waals surface area (Å²) in [5.74, 6) is 0.00682. The van der Waals surface area contributed by atoms with Crippen molar-refractivity contribution < 1.29 is 9.84 Å². The van der Waals surface area contributed by atoms with Crippen LogP contribution in [0, 0.1) is 0 Å². The first kappa shape index (κ1) is 14.9. The van der Waals surface area contributed by atoms with E-state index >= 15 is 0 Å². The second-order valence-corrected chi connectivity index (χ2v) is 5.52. The molecular formula is C12H5Cl5O2. The van der Waals surface area contributed by atoms with Crippen molar-refractivity contribution in [2.75, 3.05) is 0 Å². The standard InChI is InChI=1S/C12H5Cl5O2/c13-5-1-2-9(6(14)3-5)19-12-8(18)4-7(15)10(16)11(12)17/h1-4,18H. The van der Waals surface area contributed by atoms with E-state index < -0.39 is 0 Å². The number of phenolic OH excluding ortho intramolecular Hbond substituents is 1. The molecule has 0 bridgehead atoms. The molecule has 1 N–H and O–H groups in total. The lowest BCUT2D eigenvalue weighted by Crippen LogP contribution is -1.88. The summed E-state index contributed by atoms with van der Waals surface area (Å²) < 4.78 is 5.45. The zero-order valence-corrected chi connectivity index (χ0v) is 12.8. The predicted molar refractivity (Wildman–Crippen MR) is 79.7 cm³/mol. The number of halogens is 5. The highest BCUT2D eigenvalue weighted by atomic mass is 35.5. The van der Waals surface area contributed by atoms with Gasteiger partial charge < -0.3 is 9.84 Å². The number of phenols is 1. The third-order valence-corrected chi connectivity index (χ3v) is 3.98. The Morgan fingerprint density at radius 1 is 0.842 bits per heavy atom. The van der Waals surface area contributed by atoms with Crippen molar-refractivity contribution in [2.24, 2.45) is 0 Å². The lowest BCUT2D eigenvalue weighted by atomic mass is 10.3. The molecule has 0 aliphatic carbocycles. The fraction of sp³-hybridized carbons (Fsp3) is 0. The summed E-state index contributed by atoms with van der Waals surface area (Å²) in [5, 5.41) is 10.7. The van der Waals surface area contributed by atoms with Gasteiger partial charge in [0.1, 0.15) is 10.8 Å². The number of hydrogen-bond acceptors (Lipinski definition) is 2. The highest BCUT2D eigenvalue weighted by Crippen LogP contribution is 2.46. The van der Waals surface area contributed by atoms with E-state index in [9.17, 15) is 5.11 Å². The quantitative estimate of drug-likeness (QED) is 0.625. The normalized spacial score (nSPS) is 10.6. The van der Waals surface area contributed by atoms with E-state index in [1.807, 2.05) is 0 Å². The zero-order chi connectivity index (χ0) is 14.2. The number of benzene rings is 2. The van der Waals surface area contributed by atoms with Gasteiger partial charge >= 0.3 is 0 Å². The molecule has 2 rings (SSSR count). The molecular weight excluding hydrogens is 353 g/mol. The molecule has 0 unspecified atom stereocenters. The molecule has 19 heavy (non-hydrogen) atoms. The lowest BCUT2D eigenvalue weighted by Gasteiger charge is -2.12. The van der Waals surface area contributed by atoms with Crippen LogP contribution in [0.25, 0.3) is 0 Å². The van der Waals surface area contributed by atoms with Crippen LogP contribution >= 0.6 is 58.0 Å². The van der Waals surface area contributed by atoms with Crippen LogP contribution < -0.4 is 4.74 Å². The second-order valence-electron chi connectivity index (χ2n) is 3.51. The molecule has 2 aromatic carbocycles. The minimum absolute atomic E-state index is 0.00215. The SMILES string of the molecule is Oc1cc(Cl)c(Cl)c(Cl)c1Oc1ccc(Cl)cc1Cl. The van der Waals surface area contributed by atoms with E-state index in [2.05, 4.69) is 0 Å². The van der Waals surface area contributed by atoms with Crippen LogP contribution in [0.15, 0.2) is 24.3 Å². The topological polar surface area (TPSA) is 29.5 Å². The number of hydrogen-bond donors (Lipinski definition) is 1. The maximum atomic E-state index is 9.78. The van der Waals surface area contributed by atoms with Gasteiger partial charge in [-0.1, -0.05) is 58.0 Å². The zero-order valence-electron chi connectivity index (χ0n) is 9.05. The van der Waals surface area contributed by atoms with E-state index in [0.717, 1.165) is 0 Å². The Kier molecular flexibility index (Phi) is 4.59. The molecule has 0 aromatic heterocycles. The van der Waals surface area contributed by atoms with Crippen molar-refractivity contribution in [1.29, 1.82) is 0 Å². The van der Waals surface area contributed by atoms with Crippen molar-refractivity contribution in [3.05, 3.63) is 49.4 Å². The van der Waals surface area contributed by atoms with Gasteiger partial charge in [0.2, 0.25) is 0 Å². The van der Waals surface area contributed by atoms with Gasteiger partial charge in [0.15, 0.2) is 11.5 Å². The van der Waals surface area contributed by atoms with Crippen molar-refractivity contribution >= 4 is 58.0 Å². The first-order valence-electron chi connectivity index (χ1n) is 4.89. The average molecular weight is 358 g/mol. The Balaban J connectivity index is 2.47. The highest BCUT2D eigenvalue weighted by Gasteiger charge is 2.17. The van der Waals surface area contributed by atoms with Gasteiger partial charge in [-0.2, -0.15) is 0 Å². The number of rotatable bonds is 2. The number of ether oxygens (including phenoxy) is 1. The third kappa shape index (κ3) is 3.15. The Labute approximate surface area is 134 Å². The molecule has 100 valence electrons. The van der Waals surface area contributed by atoms with Gasteiger partial charge in [-0.25, -0.2) is 0 Å². The molecule has 0 fully saturated rings. The summed E-state index contributed by atoms with van der Waals surface area (Å²) in [7, 11) is 0. The molecule has 0 heterocycles. The van der Waals surface area contributed by atoms with Crippen molar-refractivity contribution in [3.63, 3.8) is 0 Å². The Morgan fingerprint density at radius 2 is 1.53 bits per heavy atom. The summed E-state index contributed by atoms with van der Waals surface area (Å²) in [6.07, 6.45) is 0. The fourth-order valence-electron chi connectivity index (χ4n) is 1.33. The van der Waals surface area contributed by atoms with E-state index in [4.69, 9.17) is 62.7 Å². The van der Waals surface area contributed by atoms with Crippen LogP contribution in [-0.4, -0.2) is 5.11 Å². The molecule has 2 nitrogen and oxygen atoms in total. The van der Waals surface area contributed by atoms with Crippen molar-refractivity contribution in [3.8, 4) is 17.2 Å². The van der Waals surface area contributed by atoms with Crippen molar-refractivity contribution in [2.45, 2.75) is 0 Å². The molecule has 0 spiro atoms. The molecule has 0 saturated heterocycles. The molecule has 0 aliphatic heterocycles. The van der Waals surface area contributed by atoms with E-state index in [-0.39, 0.29) is 37.3 Å². The van der Waals surface area contributed by atoms with Gasteiger partial charge in [0.25, 0.3) is 0 Å². The molecule has 0 amide bonds. The lowest BCUT2D eigenvalue weighted by molar-refractivity contribution is 0.411. The first-order valence-corrected chi connectivity index (χ1v) is 6.78. The smallest absolute Gasteiger partial charge is 0.189 e. The molecule has 0 radical (unpaired) electrons. The Bertz CT molecular complexity index is 643. The minimum atomic E-state index is -0.245. The second kappa shape index (κ2) is 5.86. The first-order chi connectivity index (χ1) is 8.90. The summed E-state index contributed by atoms with van der Waals surface area (Å²) in [4.78, 5) is 0. The number of aromatic hydroxyl groups is 1. The molecule has 7 heteroatoms. The van der Waals surface area contributed by atoms with Crippen LogP contribution in [0.4, 0.5) is 0 Å². The van der Waals surface area contributed by atoms with Crippen LogP contribution in [-0.2, 0) is 0 Å². The largest absolute Gasteiger partial charge is 0.504 e. The van der Waals surface area contributed by atoms with Crippen molar-refractivity contribution in [1.82, 2.24) is 0 Å². The summed E-state index contributed by atoms with van der Waals surface area (Å²) in [6, 6.07) is 5.87. The van der Waals surface area contributed by atoms with Crippen LogP contribution in [0.3, 0.4) is 0 Å². The fourth-order valence-corrected chi connectivity index (χ4v) is 2.40. The van der Waals surface area contributed by atoms with E-state index in [1.54, 1.807) is 12.1 Å². The molecule has 0 saturated carbocycles. The van der Waals surface area contributed by atoms with Gasteiger partial charge in [-0.3, -0.25) is 0 Å². The predicted octanol–water partition coefficient (Wildman–Crippen LogP) is 6.45. The maximum Gasteiger partial charge on any atom is 0.189 e. The van der Waals surface area contributed by atoms with Crippen LogP contribution in [0.2, 0.25) is 25.1 Å². The highest BCUT2D eigenvalue weighted by molar-refractivity contribution is 6.48.